The maximum Gasteiger partial charge on any atom is 1.00 e. The number of aromatic nitrogens is 1. The van der Waals surface area contributed by atoms with Crippen LogP contribution < -0.4 is 34.3 Å². The zero-order valence-corrected chi connectivity index (χ0v) is 24.4. The van der Waals surface area contributed by atoms with Crippen molar-refractivity contribution < 1.29 is 50.9 Å². The van der Waals surface area contributed by atoms with E-state index >= 15 is 0 Å². The molecule has 0 fully saturated rings. The molecule has 0 atom stereocenters. The van der Waals surface area contributed by atoms with Crippen molar-refractivity contribution in [2.45, 2.75) is 23.6 Å². The van der Waals surface area contributed by atoms with Crippen LogP contribution in [0, 0.1) is 13.8 Å². The number of hydrogen-bond donors (Lipinski definition) is 2. The molecule has 2 N–H and O–H groups in total. The molecule has 0 aliphatic rings. The summed E-state index contributed by atoms with van der Waals surface area (Å²) in [7, 11) is -8.86. The number of rotatable bonds is 6. The first-order valence-corrected chi connectivity index (χ1v) is 14.0. The first kappa shape index (κ1) is 28.0. The zero-order valence-electron chi connectivity index (χ0n) is 20.8. The summed E-state index contributed by atoms with van der Waals surface area (Å²) < 4.78 is 64.3. The molecule has 0 saturated carbocycles. The molecule has 1 aromatic heterocycles. The third kappa shape index (κ3) is 5.39. The summed E-state index contributed by atoms with van der Waals surface area (Å²) in [6.45, 7) is 3.54. The van der Waals surface area contributed by atoms with E-state index in [1.807, 2.05) is 31.2 Å². The Morgan fingerprint density at radius 3 is 2.21 bits per heavy atom. The Labute approximate surface area is 242 Å². The molecule has 0 radical (unpaired) electrons. The summed E-state index contributed by atoms with van der Waals surface area (Å²) in [4.78, 5) is 2.82. The van der Waals surface area contributed by atoms with Gasteiger partial charge in [0.15, 0.2) is 0 Å². The molecular weight excluding hydrogens is 535 g/mol. The Morgan fingerprint density at radius 2 is 1.45 bits per heavy atom. The number of nitrogens with one attached hydrogen (secondary N) is 2. The molecule has 0 bridgehead atoms. The van der Waals surface area contributed by atoms with Crippen LogP contribution in [-0.4, -0.2) is 26.4 Å². The Kier molecular flexibility index (Phi) is 7.80. The third-order valence-electron chi connectivity index (χ3n) is 5.98. The van der Waals surface area contributed by atoms with Gasteiger partial charge in [-0.1, -0.05) is 48.5 Å². The minimum atomic E-state index is -4.75. The number of hydrogen-bond acceptors (Lipinski definition) is 7. The SMILES string of the molecule is Cc1ccc(N=Nc2c(C)[nH]c3ccccc23)cc1S(=O)(=O)Nc1cccc2c(S(=O)(=O)[O-])cccc12.[Na+]. The summed E-state index contributed by atoms with van der Waals surface area (Å²) in [5.41, 5.74) is 3.39. The van der Waals surface area contributed by atoms with Crippen LogP contribution in [0.5, 0.6) is 0 Å². The summed E-state index contributed by atoms with van der Waals surface area (Å²) in [5.74, 6) is 0. The van der Waals surface area contributed by atoms with Crippen LogP contribution >= 0.6 is 0 Å². The van der Waals surface area contributed by atoms with Crippen LogP contribution in [0.2, 0.25) is 0 Å². The topological polar surface area (TPSA) is 144 Å². The van der Waals surface area contributed by atoms with E-state index in [0.29, 0.717) is 16.9 Å². The number of H-pyrrole nitrogens is 1. The van der Waals surface area contributed by atoms with Gasteiger partial charge in [-0.15, -0.1) is 5.11 Å². The monoisotopic (exact) mass is 556 g/mol. The molecule has 0 saturated heterocycles. The van der Waals surface area contributed by atoms with E-state index in [2.05, 4.69) is 19.9 Å². The van der Waals surface area contributed by atoms with Gasteiger partial charge in [-0.05, 0) is 49.7 Å². The van der Waals surface area contributed by atoms with Crippen LogP contribution in [0.4, 0.5) is 17.1 Å². The Bertz CT molecular complexity index is 1930. The first-order chi connectivity index (χ1) is 17.5. The standard InChI is InChI=1S/C26H22N4O5S2.Na/c1-16-13-14-18(28-29-26-17(2)27-22-10-4-3-7-21(22)26)15-25(16)36(31,32)30-23-11-5-9-20-19(23)8-6-12-24(20)37(33,34)35;/h3-15,27,30H,1-2H3,(H,33,34,35);/q;+1/p-1. The van der Waals surface area contributed by atoms with E-state index in [0.717, 1.165) is 16.6 Å². The smallest absolute Gasteiger partial charge is 0.744 e. The average molecular weight is 557 g/mol. The van der Waals surface area contributed by atoms with Gasteiger partial charge < -0.3 is 9.54 Å². The number of para-hydroxylation sites is 1. The molecule has 0 spiro atoms. The maximum absolute atomic E-state index is 13.4. The van der Waals surface area contributed by atoms with Crippen molar-refractivity contribution >= 4 is 58.9 Å². The largest absolute Gasteiger partial charge is 1.00 e. The van der Waals surface area contributed by atoms with Crippen molar-refractivity contribution in [1.29, 1.82) is 0 Å². The minimum absolute atomic E-state index is 0. The van der Waals surface area contributed by atoms with Gasteiger partial charge in [-0.3, -0.25) is 4.72 Å². The second-order valence-corrected chi connectivity index (χ2v) is 11.5. The number of aromatic amines is 1. The molecule has 5 rings (SSSR count). The summed E-state index contributed by atoms with van der Waals surface area (Å²) in [6, 6.07) is 21.0. The normalized spacial score (nSPS) is 12.2. The Balaban J connectivity index is 0.00000336. The quantitative estimate of drug-likeness (QED) is 0.188. The van der Waals surface area contributed by atoms with Crippen LogP contribution in [-0.2, 0) is 20.1 Å². The van der Waals surface area contributed by atoms with E-state index in [1.165, 1.54) is 36.4 Å². The molecule has 12 heteroatoms. The minimum Gasteiger partial charge on any atom is -0.744 e. The van der Waals surface area contributed by atoms with E-state index in [9.17, 15) is 21.4 Å². The molecule has 0 amide bonds. The number of aryl methyl sites for hydroxylation is 2. The van der Waals surface area contributed by atoms with Crippen molar-refractivity contribution in [3.63, 3.8) is 0 Å². The summed E-state index contributed by atoms with van der Waals surface area (Å²) >= 11 is 0. The van der Waals surface area contributed by atoms with Gasteiger partial charge in [0.05, 0.1) is 21.2 Å². The van der Waals surface area contributed by atoms with Crippen LogP contribution in [0.3, 0.4) is 0 Å². The van der Waals surface area contributed by atoms with Gasteiger partial charge >= 0.3 is 29.6 Å². The maximum atomic E-state index is 13.4. The van der Waals surface area contributed by atoms with Gasteiger partial charge in [-0.25, -0.2) is 16.8 Å². The molecule has 188 valence electrons. The third-order valence-corrected chi connectivity index (χ3v) is 8.38. The van der Waals surface area contributed by atoms with Crippen LogP contribution in [0.15, 0.2) is 98.9 Å². The van der Waals surface area contributed by atoms with E-state index in [-0.39, 0.29) is 50.9 Å². The molecule has 0 aliphatic carbocycles. The molecule has 38 heavy (non-hydrogen) atoms. The predicted octanol–water partition coefficient (Wildman–Crippen LogP) is 3.06. The summed E-state index contributed by atoms with van der Waals surface area (Å²) in [6.07, 6.45) is 0. The van der Waals surface area contributed by atoms with Crippen LogP contribution in [0.25, 0.3) is 21.7 Å². The summed E-state index contributed by atoms with van der Waals surface area (Å²) in [5, 5.41) is 9.97. The molecule has 0 unspecified atom stereocenters. The van der Waals surface area contributed by atoms with E-state index < -0.39 is 25.0 Å². The Morgan fingerprint density at radius 1 is 0.763 bits per heavy atom. The number of azo groups is 1. The number of benzene rings is 4. The van der Waals surface area contributed by atoms with Crippen molar-refractivity contribution in [2.24, 2.45) is 10.2 Å². The van der Waals surface area contributed by atoms with E-state index in [4.69, 9.17) is 0 Å². The molecule has 4 aromatic carbocycles. The predicted molar refractivity (Wildman–Crippen MR) is 141 cm³/mol. The molecule has 1 heterocycles. The van der Waals surface area contributed by atoms with Crippen molar-refractivity contribution in [3.8, 4) is 0 Å². The fourth-order valence-corrected chi connectivity index (χ4v) is 6.26. The number of sulfonamides is 1. The van der Waals surface area contributed by atoms with E-state index in [1.54, 1.807) is 25.1 Å². The zero-order chi connectivity index (χ0) is 26.4. The second kappa shape index (κ2) is 10.6. The number of anilines is 1. The van der Waals surface area contributed by atoms with Gasteiger partial charge in [0, 0.05) is 27.4 Å². The van der Waals surface area contributed by atoms with Gasteiger partial charge in [0.25, 0.3) is 10.0 Å². The molecule has 5 aromatic rings. The molecule has 0 aliphatic heterocycles. The fourth-order valence-electron chi connectivity index (χ4n) is 4.23. The second-order valence-electron chi connectivity index (χ2n) is 8.51. The fraction of sp³-hybridized carbons (Fsp3) is 0.0769. The van der Waals surface area contributed by atoms with Crippen LogP contribution in [0.1, 0.15) is 11.3 Å². The average Bonchev–Trinajstić information content (AvgIpc) is 3.17. The number of nitrogens with zero attached hydrogens (tertiary/aromatic N) is 2. The van der Waals surface area contributed by atoms with Crippen molar-refractivity contribution in [1.82, 2.24) is 4.98 Å². The van der Waals surface area contributed by atoms with Gasteiger partial charge in [0.2, 0.25) is 0 Å². The number of fused-ring (bicyclic) bond motifs is 2. The molecule has 9 nitrogen and oxygen atoms in total. The Hall–Kier alpha value is -3.06. The van der Waals surface area contributed by atoms with Gasteiger partial charge in [-0.2, -0.15) is 5.11 Å². The van der Waals surface area contributed by atoms with Gasteiger partial charge in [0.1, 0.15) is 15.8 Å². The van der Waals surface area contributed by atoms with Crippen molar-refractivity contribution in [2.75, 3.05) is 4.72 Å². The molecular formula is C26H21N4NaO5S2. The van der Waals surface area contributed by atoms with Crippen molar-refractivity contribution in [3.05, 3.63) is 90.1 Å². The first-order valence-electron chi connectivity index (χ1n) is 11.1.